The lowest BCUT2D eigenvalue weighted by atomic mass is 10.1. The SMILES string of the molecule is CCOc1ccccc1NC(=O)N1CC(C)(C)NC1=S. The van der Waals surface area contributed by atoms with Gasteiger partial charge in [0, 0.05) is 0 Å². The molecule has 1 saturated heterocycles. The molecule has 1 aliphatic rings. The van der Waals surface area contributed by atoms with Crippen molar-refractivity contribution < 1.29 is 9.53 Å². The average Bonchev–Trinajstić information content (AvgIpc) is 2.65. The molecule has 0 bridgehead atoms. The van der Waals surface area contributed by atoms with E-state index in [1.807, 2.05) is 39.0 Å². The Hall–Kier alpha value is -1.82. The fourth-order valence-corrected chi connectivity index (χ4v) is 2.49. The van der Waals surface area contributed by atoms with Crippen LogP contribution >= 0.6 is 12.2 Å². The minimum absolute atomic E-state index is 0.201. The number of para-hydroxylation sites is 2. The summed E-state index contributed by atoms with van der Waals surface area (Å²) in [5.74, 6) is 0.653. The van der Waals surface area contributed by atoms with Gasteiger partial charge >= 0.3 is 6.03 Å². The maximum atomic E-state index is 12.3. The number of nitrogens with one attached hydrogen (secondary N) is 2. The Balaban J connectivity index is 2.11. The van der Waals surface area contributed by atoms with Crippen LogP contribution in [-0.4, -0.2) is 34.7 Å². The van der Waals surface area contributed by atoms with Crippen molar-refractivity contribution in [3.63, 3.8) is 0 Å². The summed E-state index contributed by atoms with van der Waals surface area (Å²) in [7, 11) is 0. The molecule has 0 aliphatic carbocycles. The summed E-state index contributed by atoms with van der Waals surface area (Å²) >= 11 is 5.19. The molecule has 0 atom stereocenters. The van der Waals surface area contributed by atoms with E-state index in [2.05, 4.69) is 10.6 Å². The van der Waals surface area contributed by atoms with Crippen LogP contribution in [0.15, 0.2) is 24.3 Å². The van der Waals surface area contributed by atoms with Gasteiger partial charge in [-0.15, -0.1) is 0 Å². The third kappa shape index (κ3) is 3.19. The zero-order valence-electron chi connectivity index (χ0n) is 11.9. The number of thiocarbonyl (C=S) groups is 1. The zero-order chi connectivity index (χ0) is 14.8. The maximum Gasteiger partial charge on any atom is 0.328 e. The zero-order valence-corrected chi connectivity index (χ0v) is 12.7. The number of nitrogens with zero attached hydrogens (tertiary/aromatic N) is 1. The van der Waals surface area contributed by atoms with Gasteiger partial charge in [0.05, 0.1) is 24.4 Å². The van der Waals surface area contributed by atoms with Gasteiger partial charge in [-0.3, -0.25) is 4.90 Å². The van der Waals surface area contributed by atoms with Crippen molar-refractivity contribution in [2.45, 2.75) is 26.3 Å². The van der Waals surface area contributed by atoms with Crippen molar-refractivity contribution in [3.05, 3.63) is 24.3 Å². The Morgan fingerprint density at radius 1 is 1.50 bits per heavy atom. The number of benzene rings is 1. The summed E-state index contributed by atoms with van der Waals surface area (Å²) in [6.07, 6.45) is 0. The number of hydrogen-bond donors (Lipinski definition) is 2. The van der Waals surface area contributed by atoms with Crippen LogP contribution in [0, 0.1) is 0 Å². The summed E-state index contributed by atoms with van der Waals surface area (Å²) in [5.41, 5.74) is 0.445. The van der Waals surface area contributed by atoms with E-state index >= 15 is 0 Å². The molecule has 108 valence electrons. The van der Waals surface area contributed by atoms with Gasteiger partial charge in [-0.05, 0) is 45.1 Å². The lowest BCUT2D eigenvalue weighted by Crippen LogP contribution is -2.37. The third-order valence-electron chi connectivity index (χ3n) is 2.92. The summed E-state index contributed by atoms with van der Waals surface area (Å²) in [5, 5.41) is 6.40. The molecule has 2 N–H and O–H groups in total. The van der Waals surface area contributed by atoms with E-state index in [-0.39, 0.29) is 11.6 Å². The highest BCUT2D eigenvalue weighted by Crippen LogP contribution is 2.25. The Labute approximate surface area is 124 Å². The summed E-state index contributed by atoms with van der Waals surface area (Å²) < 4.78 is 5.49. The number of urea groups is 1. The molecule has 20 heavy (non-hydrogen) atoms. The second-order valence-electron chi connectivity index (χ2n) is 5.26. The Morgan fingerprint density at radius 2 is 2.20 bits per heavy atom. The Bertz CT molecular complexity index is 531. The number of rotatable bonds is 3. The van der Waals surface area contributed by atoms with E-state index in [1.54, 1.807) is 6.07 Å². The molecule has 6 heteroatoms. The first-order valence-electron chi connectivity index (χ1n) is 6.55. The highest BCUT2D eigenvalue weighted by molar-refractivity contribution is 7.80. The molecule has 1 fully saturated rings. The number of anilines is 1. The first-order valence-corrected chi connectivity index (χ1v) is 6.96. The van der Waals surface area contributed by atoms with Gasteiger partial charge in [-0.2, -0.15) is 0 Å². The van der Waals surface area contributed by atoms with Gasteiger partial charge < -0.3 is 15.4 Å². The Morgan fingerprint density at radius 3 is 2.80 bits per heavy atom. The first-order chi connectivity index (χ1) is 9.43. The summed E-state index contributed by atoms with van der Waals surface area (Å²) in [6, 6.07) is 7.10. The molecular weight excluding hydrogens is 274 g/mol. The highest BCUT2D eigenvalue weighted by atomic mass is 32.1. The van der Waals surface area contributed by atoms with Gasteiger partial charge in [0.15, 0.2) is 5.11 Å². The fraction of sp³-hybridized carbons (Fsp3) is 0.429. The predicted octanol–water partition coefficient (Wildman–Crippen LogP) is 2.59. The number of hydrogen-bond acceptors (Lipinski definition) is 3. The summed E-state index contributed by atoms with van der Waals surface area (Å²) in [4.78, 5) is 13.8. The third-order valence-corrected chi connectivity index (χ3v) is 3.24. The van der Waals surface area contributed by atoms with Gasteiger partial charge in [-0.1, -0.05) is 12.1 Å². The summed E-state index contributed by atoms with van der Waals surface area (Å²) in [6.45, 7) is 6.99. The molecule has 5 nitrogen and oxygen atoms in total. The molecule has 0 saturated carbocycles. The molecule has 1 heterocycles. The number of amides is 2. The number of ether oxygens (including phenoxy) is 1. The molecule has 1 aromatic rings. The quantitative estimate of drug-likeness (QED) is 0.841. The van der Waals surface area contributed by atoms with E-state index in [1.165, 1.54) is 4.90 Å². The Kier molecular flexibility index (Phi) is 4.13. The van der Waals surface area contributed by atoms with Crippen molar-refractivity contribution in [2.24, 2.45) is 0 Å². The second kappa shape index (κ2) is 5.66. The van der Waals surface area contributed by atoms with Crippen LogP contribution in [0.25, 0.3) is 0 Å². The van der Waals surface area contributed by atoms with Crippen molar-refractivity contribution in [1.29, 1.82) is 0 Å². The minimum Gasteiger partial charge on any atom is -0.492 e. The normalized spacial score (nSPS) is 16.8. The van der Waals surface area contributed by atoms with Crippen LogP contribution in [-0.2, 0) is 0 Å². The van der Waals surface area contributed by atoms with Crippen molar-refractivity contribution >= 4 is 29.0 Å². The lowest BCUT2D eigenvalue weighted by molar-refractivity contribution is 0.233. The van der Waals surface area contributed by atoms with Crippen LogP contribution in [0.1, 0.15) is 20.8 Å². The minimum atomic E-state index is -0.250. The standard InChI is InChI=1S/C14H19N3O2S/c1-4-19-11-8-6-5-7-10(11)15-12(18)17-9-14(2,3)16-13(17)20/h5-8H,4,9H2,1-3H3,(H,15,18)(H,16,20). The van der Waals surface area contributed by atoms with Crippen LogP contribution in [0.2, 0.25) is 0 Å². The fourth-order valence-electron chi connectivity index (χ4n) is 2.06. The highest BCUT2D eigenvalue weighted by Gasteiger charge is 2.35. The van der Waals surface area contributed by atoms with Crippen LogP contribution in [0.5, 0.6) is 5.75 Å². The van der Waals surface area contributed by atoms with Crippen LogP contribution < -0.4 is 15.4 Å². The van der Waals surface area contributed by atoms with E-state index < -0.39 is 0 Å². The topological polar surface area (TPSA) is 53.6 Å². The van der Waals surface area contributed by atoms with E-state index in [9.17, 15) is 4.79 Å². The first kappa shape index (κ1) is 14.6. The monoisotopic (exact) mass is 293 g/mol. The molecule has 0 radical (unpaired) electrons. The van der Waals surface area contributed by atoms with Gasteiger partial charge in [0.2, 0.25) is 0 Å². The molecular formula is C14H19N3O2S. The molecule has 2 amide bonds. The molecule has 1 aliphatic heterocycles. The van der Waals surface area contributed by atoms with E-state index in [0.717, 1.165) is 0 Å². The number of carbonyl (C=O) groups is 1. The average molecular weight is 293 g/mol. The second-order valence-corrected chi connectivity index (χ2v) is 5.65. The maximum absolute atomic E-state index is 12.3. The smallest absolute Gasteiger partial charge is 0.328 e. The van der Waals surface area contributed by atoms with E-state index in [4.69, 9.17) is 17.0 Å². The predicted molar refractivity (Wildman–Crippen MR) is 83.1 cm³/mol. The largest absolute Gasteiger partial charge is 0.492 e. The van der Waals surface area contributed by atoms with E-state index in [0.29, 0.717) is 29.7 Å². The molecule has 2 rings (SSSR count). The molecule has 1 aromatic carbocycles. The van der Waals surface area contributed by atoms with Crippen molar-refractivity contribution in [1.82, 2.24) is 10.2 Å². The number of carbonyl (C=O) groups excluding carboxylic acids is 1. The molecule has 0 aromatic heterocycles. The van der Waals surface area contributed by atoms with Gasteiger partial charge in [0.25, 0.3) is 0 Å². The lowest BCUT2D eigenvalue weighted by Gasteiger charge is -2.18. The van der Waals surface area contributed by atoms with Crippen molar-refractivity contribution in [2.75, 3.05) is 18.5 Å². The van der Waals surface area contributed by atoms with Gasteiger partial charge in [0.1, 0.15) is 5.75 Å². The van der Waals surface area contributed by atoms with Crippen LogP contribution in [0.3, 0.4) is 0 Å². The molecule has 0 spiro atoms. The van der Waals surface area contributed by atoms with Crippen LogP contribution in [0.4, 0.5) is 10.5 Å². The van der Waals surface area contributed by atoms with Crippen molar-refractivity contribution in [3.8, 4) is 5.75 Å². The molecule has 0 unspecified atom stereocenters. The van der Waals surface area contributed by atoms with Gasteiger partial charge in [-0.25, -0.2) is 4.79 Å².